The first kappa shape index (κ1) is 15.7. The Balaban J connectivity index is 1.54. The van der Waals surface area contributed by atoms with Crippen LogP contribution in [0.15, 0.2) is 10.7 Å². The average Bonchev–Trinajstić information content (AvgIpc) is 3.03. The topological polar surface area (TPSA) is 51.1 Å². The fourth-order valence-electron chi connectivity index (χ4n) is 2.13. The van der Waals surface area contributed by atoms with Crippen LogP contribution in [0.25, 0.3) is 0 Å². The molecule has 0 spiro atoms. The Morgan fingerprint density at radius 2 is 2.45 bits per heavy atom. The van der Waals surface area contributed by atoms with Crippen molar-refractivity contribution in [2.75, 3.05) is 19.7 Å². The predicted molar refractivity (Wildman–Crippen MR) is 86.9 cm³/mol. The van der Waals surface area contributed by atoms with Crippen molar-refractivity contribution in [2.24, 2.45) is 0 Å². The van der Waals surface area contributed by atoms with E-state index in [4.69, 9.17) is 17.0 Å². The van der Waals surface area contributed by atoms with Crippen LogP contribution in [0.1, 0.15) is 25.0 Å². The summed E-state index contributed by atoms with van der Waals surface area (Å²) >= 11 is 8.70. The van der Waals surface area contributed by atoms with Gasteiger partial charge in [0.2, 0.25) is 0 Å². The van der Waals surface area contributed by atoms with Gasteiger partial charge in [0, 0.05) is 32.4 Å². The van der Waals surface area contributed by atoms with E-state index in [0.717, 1.165) is 55.7 Å². The minimum atomic E-state index is 0.319. The summed E-state index contributed by atoms with van der Waals surface area (Å²) in [4.78, 5) is 0. The molecule has 20 heavy (non-hydrogen) atoms. The van der Waals surface area contributed by atoms with E-state index >= 15 is 0 Å². The van der Waals surface area contributed by atoms with Crippen LogP contribution < -0.4 is 10.6 Å². The van der Waals surface area contributed by atoms with Crippen LogP contribution in [0.5, 0.6) is 0 Å². The predicted octanol–water partition coefficient (Wildman–Crippen LogP) is 1.99. The maximum absolute atomic E-state index is 5.53. The Morgan fingerprint density at radius 3 is 3.10 bits per heavy atom. The van der Waals surface area contributed by atoms with Gasteiger partial charge in [-0.2, -0.15) is 5.10 Å². The van der Waals surface area contributed by atoms with Gasteiger partial charge in [-0.15, -0.1) is 0 Å². The van der Waals surface area contributed by atoms with Crippen LogP contribution >= 0.6 is 28.1 Å². The molecule has 7 heteroatoms. The summed E-state index contributed by atoms with van der Waals surface area (Å²) in [5, 5.41) is 11.5. The van der Waals surface area contributed by atoms with E-state index in [0.29, 0.717) is 11.2 Å². The minimum Gasteiger partial charge on any atom is -0.376 e. The van der Waals surface area contributed by atoms with E-state index in [9.17, 15) is 0 Å². The molecule has 1 aromatic heterocycles. The molecular formula is C13H21BrN4OS. The van der Waals surface area contributed by atoms with E-state index < -0.39 is 0 Å². The second-order valence-corrected chi connectivity index (χ2v) is 6.21. The smallest absolute Gasteiger partial charge is 0.166 e. The van der Waals surface area contributed by atoms with Gasteiger partial charge in [0.25, 0.3) is 0 Å². The molecule has 1 atom stereocenters. The van der Waals surface area contributed by atoms with E-state index in [2.05, 4.69) is 31.7 Å². The van der Waals surface area contributed by atoms with Crippen LogP contribution in [0, 0.1) is 6.92 Å². The lowest BCUT2D eigenvalue weighted by molar-refractivity contribution is 0.114. The number of hydrogen-bond donors (Lipinski definition) is 2. The van der Waals surface area contributed by atoms with Crippen LogP contribution in [-0.4, -0.2) is 40.7 Å². The first-order valence-corrected chi connectivity index (χ1v) is 8.18. The lowest BCUT2D eigenvalue weighted by Crippen LogP contribution is -2.39. The second kappa shape index (κ2) is 7.95. The molecule has 0 radical (unpaired) electrons. The van der Waals surface area contributed by atoms with Gasteiger partial charge in [0.05, 0.1) is 16.3 Å². The number of nitrogens with zero attached hydrogens (tertiary/aromatic N) is 2. The summed E-state index contributed by atoms with van der Waals surface area (Å²) in [6.07, 6.45) is 5.59. The Hall–Kier alpha value is -0.660. The molecule has 2 heterocycles. The van der Waals surface area contributed by atoms with Gasteiger partial charge in [-0.05, 0) is 54.3 Å². The zero-order valence-corrected chi connectivity index (χ0v) is 14.1. The van der Waals surface area contributed by atoms with Crippen molar-refractivity contribution in [2.45, 2.75) is 38.8 Å². The minimum absolute atomic E-state index is 0.319. The van der Waals surface area contributed by atoms with Gasteiger partial charge in [-0.3, -0.25) is 4.68 Å². The fourth-order valence-corrected chi connectivity index (χ4v) is 2.63. The molecule has 1 aliphatic rings. The van der Waals surface area contributed by atoms with Crippen molar-refractivity contribution >= 4 is 33.3 Å². The summed E-state index contributed by atoms with van der Waals surface area (Å²) in [6.45, 7) is 5.40. The van der Waals surface area contributed by atoms with Crippen molar-refractivity contribution in [1.29, 1.82) is 0 Å². The molecule has 1 aliphatic heterocycles. The van der Waals surface area contributed by atoms with Crippen molar-refractivity contribution in [1.82, 2.24) is 20.4 Å². The van der Waals surface area contributed by atoms with Crippen molar-refractivity contribution in [3.05, 3.63) is 16.4 Å². The van der Waals surface area contributed by atoms with Gasteiger partial charge in [-0.1, -0.05) is 0 Å². The van der Waals surface area contributed by atoms with Gasteiger partial charge in [0.1, 0.15) is 0 Å². The molecule has 0 saturated carbocycles. The highest BCUT2D eigenvalue weighted by atomic mass is 79.9. The van der Waals surface area contributed by atoms with Crippen molar-refractivity contribution < 1.29 is 4.74 Å². The Bertz CT molecular complexity index is 426. The summed E-state index contributed by atoms with van der Waals surface area (Å²) in [5.41, 5.74) is 1.02. The van der Waals surface area contributed by atoms with Crippen LogP contribution in [0.4, 0.5) is 0 Å². The molecule has 2 rings (SSSR count). The van der Waals surface area contributed by atoms with Gasteiger partial charge in [-0.25, -0.2) is 0 Å². The van der Waals surface area contributed by atoms with Crippen LogP contribution in [0.3, 0.4) is 0 Å². The van der Waals surface area contributed by atoms with Crippen LogP contribution in [-0.2, 0) is 11.3 Å². The van der Waals surface area contributed by atoms with E-state index in [1.165, 1.54) is 0 Å². The molecule has 1 aromatic rings. The molecule has 0 aliphatic carbocycles. The molecule has 0 amide bonds. The van der Waals surface area contributed by atoms with Gasteiger partial charge >= 0.3 is 0 Å². The Kier molecular flexibility index (Phi) is 6.25. The molecule has 1 fully saturated rings. The largest absolute Gasteiger partial charge is 0.376 e. The van der Waals surface area contributed by atoms with Crippen molar-refractivity contribution in [3.63, 3.8) is 0 Å². The quantitative estimate of drug-likeness (QED) is 0.600. The SMILES string of the molecule is Cc1nn(CCCNC(=S)NCC2CCCO2)cc1Br. The average molecular weight is 361 g/mol. The zero-order chi connectivity index (χ0) is 14.4. The third-order valence-electron chi connectivity index (χ3n) is 3.25. The third kappa shape index (κ3) is 5.03. The van der Waals surface area contributed by atoms with E-state index in [1.807, 2.05) is 17.8 Å². The molecule has 2 N–H and O–H groups in total. The van der Waals surface area contributed by atoms with E-state index in [1.54, 1.807) is 0 Å². The Morgan fingerprint density at radius 1 is 1.60 bits per heavy atom. The van der Waals surface area contributed by atoms with E-state index in [-0.39, 0.29) is 0 Å². The normalized spacial score (nSPS) is 18.2. The number of ether oxygens (including phenoxy) is 1. The van der Waals surface area contributed by atoms with Crippen molar-refractivity contribution in [3.8, 4) is 0 Å². The molecule has 0 aromatic carbocycles. The summed E-state index contributed by atoms with van der Waals surface area (Å²) in [6, 6.07) is 0. The number of rotatable bonds is 6. The first-order chi connectivity index (χ1) is 9.65. The molecule has 1 unspecified atom stereocenters. The summed E-state index contributed by atoms with van der Waals surface area (Å²) in [5.74, 6) is 0. The summed E-state index contributed by atoms with van der Waals surface area (Å²) in [7, 11) is 0. The molecule has 1 saturated heterocycles. The molecule has 112 valence electrons. The molecule has 0 bridgehead atoms. The number of aromatic nitrogens is 2. The second-order valence-electron chi connectivity index (χ2n) is 4.95. The summed E-state index contributed by atoms with van der Waals surface area (Å²) < 4.78 is 8.54. The number of hydrogen-bond acceptors (Lipinski definition) is 3. The monoisotopic (exact) mass is 360 g/mol. The third-order valence-corrected chi connectivity index (χ3v) is 4.32. The highest BCUT2D eigenvalue weighted by Gasteiger charge is 2.14. The maximum Gasteiger partial charge on any atom is 0.166 e. The van der Waals surface area contributed by atoms with Gasteiger partial charge in [0.15, 0.2) is 5.11 Å². The first-order valence-electron chi connectivity index (χ1n) is 6.98. The number of aryl methyl sites for hydroxylation is 2. The molecular weight excluding hydrogens is 340 g/mol. The lowest BCUT2D eigenvalue weighted by atomic mass is 10.2. The highest BCUT2D eigenvalue weighted by Crippen LogP contribution is 2.13. The zero-order valence-electron chi connectivity index (χ0n) is 11.7. The van der Waals surface area contributed by atoms with Crippen LogP contribution in [0.2, 0.25) is 0 Å². The molecule has 5 nitrogen and oxygen atoms in total. The standard InChI is InChI=1S/C13H21BrN4OS/c1-10-12(14)9-18(17-10)6-3-5-15-13(20)16-8-11-4-2-7-19-11/h9,11H,2-8H2,1H3,(H2,15,16,20). The lowest BCUT2D eigenvalue weighted by Gasteiger charge is -2.13. The highest BCUT2D eigenvalue weighted by molar-refractivity contribution is 9.10. The number of halogens is 1. The number of thiocarbonyl (C=S) groups is 1. The van der Waals surface area contributed by atoms with Gasteiger partial charge < -0.3 is 15.4 Å². The maximum atomic E-state index is 5.53. The fraction of sp³-hybridized carbons (Fsp3) is 0.692. The Labute approximate surface area is 133 Å². The number of nitrogens with one attached hydrogen (secondary N) is 2.